The van der Waals surface area contributed by atoms with Crippen molar-refractivity contribution in [1.29, 1.82) is 0 Å². The Balaban J connectivity index is 2.66. The van der Waals surface area contributed by atoms with Crippen LogP contribution in [0.5, 0.6) is 0 Å². The lowest BCUT2D eigenvalue weighted by atomic mass is 9.79. The lowest BCUT2D eigenvalue weighted by molar-refractivity contribution is -0.143. The molecule has 0 saturated heterocycles. The van der Waals surface area contributed by atoms with E-state index in [9.17, 15) is 14.4 Å². The second-order valence-electron chi connectivity index (χ2n) is 4.23. The number of aldehydes is 1. The van der Waals surface area contributed by atoms with E-state index < -0.39 is 5.41 Å². The van der Waals surface area contributed by atoms with Crippen LogP contribution in [0.4, 0.5) is 0 Å². The van der Waals surface area contributed by atoms with Crippen molar-refractivity contribution in [2.45, 2.75) is 26.7 Å². The monoisotopic (exact) mass is 236 g/mol. The Hall–Kier alpha value is -1.71. The third kappa shape index (κ3) is 3.66. The van der Waals surface area contributed by atoms with Gasteiger partial charge in [0, 0.05) is 11.8 Å². The van der Waals surface area contributed by atoms with Crippen LogP contribution in [0.2, 0.25) is 0 Å². The van der Waals surface area contributed by atoms with Crippen LogP contribution in [-0.4, -0.2) is 24.6 Å². The predicted octanol–water partition coefficient (Wildman–Crippen LogP) is 1.60. The zero-order valence-corrected chi connectivity index (χ0v) is 10.1. The standard InChI is InChI=1S/C13H16O4/c1-3-17-12(16)5-7-13(2)6-4-11(15)10(8-13)9-14/h4,6,8-9H,3,5,7H2,1-2H3. The van der Waals surface area contributed by atoms with E-state index in [4.69, 9.17) is 4.74 Å². The first-order valence-electron chi connectivity index (χ1n) is 5.58. The summed E-state index contributed by atoms with van der Waals surface area (Å²) in [5.41, 5.74) is -0.282. The number of carbonyl (C=O) groups excluding carboxylic acids is 3. The van der Waals surface area contributed by atoms with E-state index in [0.717, 1.165) is 0 Å². The molecule has 1 aliphatic rings. The summed E-state index contributed by atoms with van der Waals surface area (Å²) >= 11 is 0. The minimum atomic E-state index is -0.434. The van der Waals surface area contributed by atoms with Crippen LogP contribution < -0.4 is 0 Å². The number of ether oxygens (including phenoxy) is 1. The van der Waals surface area contributed by atoms with Gasteiger partial charge in [0.2, 0.25) is 0 Å². The molecule has 17 heavy (non-hydrogen) atoms. The molecule has 0 saturated carbocycles. The summed E-state index contributed by atoms with van der Waals surface area (Å²) in [5.74, 6) is -0.548. The van der Waals surface area contributed by atoms with Crippen molar-refractivity contribution >= 4 is 18.0 Å². The van der Waals surface area contributed by atoms with Crippen LogP contribution in [0.25, 0.3) is 0 Å². The van der Waals surface area contributed by atoms with E-state index in [1.807, 2.05) is 6.92 Å². The van der Waals surface area contributed by atoms with Crippen molar-refractivity contribution in [2.24, 2.45) is 5.41 Å². The molecule has 0 aromatic carbocycles. The minimum absolute atomic E-state index is 0.152. The summed E-state index contributed by atoms with van der Waals surface area (Å²) in [7, 11) is 0. The highest BCUT2D eigenvalue weighted by molar-refractivity contribution is 6.17. The molecule has 0 heterocycles. The molecule has 0 aromatic rings. The van der Waals surface area contributed by atoms with Crippen molar-refractivity contribution in [3.05, 3.63) is 23.8 Å². The third-order valence-electron chi connectivity index (χ3n) is 2.69. The Morgan fingerprint density at radius 1 is 1.53 bits per heavy atom. The zero-order valence-electron chi connectivity index (χ0n) is 10.1. The summed E-state index contributed by atoms with van der Waals surface area (Å²) in [6.45, 7) is 3.99. The molecule has 0 fully saturated rings. The molecule has 0 radical (unpaired) electrons. The average Bonchev–Trinajstić information content (AvgIpc) is 2.31. The van der Waals surface area contributed by atoms with Gasteiger partial charge in [-0.25, -0.2) is 0 Å². The highest BCUT2D eigenvalue weighted by atomic mass is 16.5. The van der Waals surface area contributed by atoms with Crippen molar-refractivity contribution in [1.82, 2.24) is 0 Å². The molecule has 0 aromatic heterocycles. The van der Waals surface area contributed by atoms with Gasteiger partial charge in [0.05, 0.1) is 12.2 Å². The van der Waals surface area contributed by atoms with Gasteiger partial charge in [-0.1, -0.05) is 19.1 Å². The molecule has 0 aliphatic heterocycles. The molecule has 1 unspecified atom stereocenters. The molecular weight excluding hydrogens is 220 g/mol. The molecule has 4 heteroatoms. The van der Waals surface area contributed by atoms with Crippen molar-refractivity contribution in [3.8, 4) is 0 Å². The van der Waals surface area contributed by atoms with Gasteiger partial charge in [-0.15, -0.1) is 0 Å². The topological polar surface area (TPSA) is 60.4 Å². The van der Waals surface area contributed by atoms with Gasteiger partial charge in [-0.05, 0) is 19.4 Å². The van der Waals surface area contributed by atoms with Crippen LogP contribution in [0.15, 0.2) is 23.8 Å². The highest BCUT2D eigenvalue weighted by Crippen LogP contribution is 2.31. The van der Waals surface area contributed by atoms with Gasteiger partial charge >= 0.3 is 5.97 Å². The van der Waals surface area contributed by atoms with Crippen LogP contribution >= 0.6 is 0 Å². The number of rotatable bonds is 5. The van der Waals surface area contributed by atoms with E-state index in [0.29, 0.717) is 19.3 Å². The van der Waals surface area contributed by atoms with Gasteiger partial charge < -0.3 is 4.74 Å². The van der Waals surface area contributed by atoms with E-state index in [1.165, 1.54) is 6.08 Å². The SMILES string of the molecule is CCOC(=O)CCC1(C)C=CC(=O)C(C=O)=C1. The molecule has 0 spiro atoms. The molecule has 0 N–H and O–H groups in total. The average molecular weight is 236 g/mol. The van der Waals surface area contributed by atoms with Crippen LogP contribution in [0.1, 0.15) is 26.7 Å². The largest absolute Gasteiger partial charge is 0.466 e. The number of ketones is 1. The quantitative estimate of drug-likeness (QED) is 0.413. The highest BCUT2D eigenvalue weighted by Gasteiger charge is 2.25. The molecule has 0 bridgehead atoms. The summed E-state index contributed by atoms with van der Waals surface area (Å²) in [4.78, 5) is 33.2. The first-order chi connectivity index (χ1) is 8.00. The predicted molar refractivity (Wildman–Crippen MR) is 62.3 cm³/mol. The normalized spacial score (nSPS) is 23.2. The molecule has 1 rings (SSSR count). The van der Waals surface area contributed by atoms with Gasteiger partial charge in [-0.3, -0.25) is 14.4 Å². The maximum absolute atomic E-state index is 11.3. The fourth-order valence-electron chi connectivity index (χ4n) is 1.69. The summed E-state index contributed by atoms with van der Waals surface area (Å²) < 4.78 is 4.83. The number of hydrogen-bond donors (Lipinski definition) is 0. The van der Waals surface area contributed by atoms with Crippen molar-refractivity contribution in [2.75, 3.05) is 6.61 Å². The van der Waals surface area contributed by atoms with Crippen LogP contribution in [0, 0.1) is 5.41 Å². The first kappa shape index (κ1) is 13.4. The molecule has 1 atom stereocenters. The lowest BCUT2D eigenvalue weighted by Crippen LogP contribution is -2.20. The second kappa shape index (κ2) is 5.57. The number of esters is 1. The van der Waals surface area contributed by atoms with E-state index in [-0.39, 0.29) is 23.7 Å². The number of carbonyl (C=O) groups is 3. The first-order valence-corrected chi connectivity index (χ1v) is 5.58. The Bertz CT molecular complexity index is 392. The van der Waals surface area contributed by atoms with Gasteiger partial charge in [0.25, 0.3) is 0 Å². The molecule has 1 aliphatic carbocycles. The van der Waals surface area contributed by atoms with Crippen molar-refractivity contribution in [3.63, 3.8) is 0 Å². The van der Waals surface area contributed by atoms with E-state index in [1.54, 1.807) is 19.1 Å². The van der Waals surface area contributed by atoms with Gasteiger partial charge in [0.15, 0.2) is 12.1 Å². The fourth-order valence-corrected chi connectivity index (χ4v) is 1.69. The third-order valence-corrected chi connectivity index (χ3v) is 2.69. The smallest absolute Gasteiger partial charge is 0.305 e. The maximum atomic E-state index is 11.3. The van der Waals surface area contributed by atoms with Crippen LogP contribution in [0.3, 0.4) is 0 Å². The fraction of sp³-hybridized carbons (Fsp3) is 0.462. The molecular formula is C13H16O4. The Kier molecular flexibility index (Phi) is 4.37. The Labute approximate surface area is 100 Å². The van der Waals surface area contributed by atoms with Crippen molar-refractivity contribution < 1.29 is 19.1 Å². The summed E-state index contributed by atoms with van der Waals surface area (Å²) in [6.07, 6.45) is 6.06. The lowest BCUT2D eigenvalue weighted by Gasteiger charge is -2.24. The molecule has 4 nitrogen and oxygen atoms in total. The van der Waals surface area contributed by atoms with Gasteiger partial charge in [-0.2, -0.15) is 0 Å². The van der Waals surface area contributed by atoms with Crippen LogP contribution in [-0.2, 0) is 19.1 Å². The Morgan fingerprint density at radius 2 is 2.24 bits per heavy atom. The van der Waals surface area contributed by atoms with E-state index >= 15 is 0 Å². The van der Waals surface area contributed by atoms with Gasteiger partial charge in [0.1, 0.15) is 0 Å². The summed E-state index contributed by atoms with van der Waals surface area (Å²) in [5, 5.41) is 0. The number of hydrogen-bond acceptors (Lipinski definition) is 4. The zero-order chi connectivity index (χ0) is 12.9. The molecule has 0 amide bonds. The second-order valence-corrected chi connectivity index (χ2v) is 4.23. The molecule has 92 valence electrons. The number of allylic oxidation sites excluding steroid dienone is 4. The minimum Gasteiger partial charge on any atom is -0.466 e. The van der Waals surface area contributed by atoms with E-state index in [2.05, 4.69) is 0 Å². The summed E-state index contributed by atoms with van der Waals surface area (Å²) in [6, 6.07) is 0. The maximum Gasteiger partial charge on any atom is 0.305 e. The Morgan fingerprint density at radius 3 is 2.82 bits per heavy atom.